The van der Waals surface area contributed by atoms with Crippen LogP contribution in [0, 0.1) is 87.3 Å². The third-order valence-electron chi connectivity index (χ3n) is 22.4. The average molecular weight is 1390 g/mol. The maximum absolute atomic E-state index is 14.5. The zero-order valence-electron chi connectivity index (χ0n) is 61.5. The van der Waals surface area contributed by atoms with Gasteiger partial charge in [-0.25, -0.2) is 18.0 Å². The molecule has 18 nitrogen and oxygen atoms in total. The Morgan fingerprint density at radius 1 is 0.612 bits per heavy atom. The van der Waals surface area contributed by atoms with E-state index in [4.69, 9.17) is 12.8 Å². The van der Waals surface area contributed by atoms with Crippen LogP contribution in [0.5, 0.6) is 0 Å². The highest BCUT2D eigenvalue weighted by molar-refractivity contribution is 7.92. The molecule has 2 heterocycles. The molecule has 4 aliphatic carbocycles. The van der Waals surface area contributed by atoms with E-state index in [1.807, 2.05) is 41.5 Å². The normalized spacial score (nSPS) is 24.0. The number of fused-ring (bicyclic) bond motifs is 2. The minimum Gasteiger partial charge on any atom is -0.385 e. The van der Waals surface area contributed by atoms with Gasteiger partial charge in [0.2, 0.25) is 17.6 Å². The van der Waals surface area contributed by atoms with Gasteiger partial charge in [0.1, 0.15) is 18.2 Å². The lowest BCUT2D eigenvalue weighted by atomic mass is 9.75. The van der Waals surface area contributed by atoms with E-state index in [0.29, 0.717) is 51.6 Å². The van der Waals surface area contributed by atoms with E-state index in [1.165, 1.54) is 0 Å². The molecule has 98 heavy (non-hydrogen) atoms. The summed E-state index contributed by atoms with van der Waals surface area (Å²) in [5, 5.41) is 23.2. The number of urea groups is 2. The Kier molecular flexibility index (Phi) is 30.3. The monoisotopic (exact) mass is 1390 g/mol. The Hall–Kier alpha value is -5.66. The number of nitrogens with one attached hydrogen (secondary N) is 4. The first-order valence-electron chi connectivity index (χ1n) is 35.7. The fraction of sp³-hybridized carbons (Fsp3) is 0.785. The number of hydrogen-bond acceptors (Lipinski definition) is 12. The van der Waals surface area contributed by atoms with Crippen molar-refractivity contribution in [2.75, 3.05) is 18.8 Å². The van der Waals surface area contributed by atoms with Gasteiger partial charge in [0.15, 0.2) is 33.0 Å². The zero-order valence-corrected chi connectivity index (χ0v) is 62.3. The molecule has 0 radical (unpaired) electrons. The second-order valence-corrected chi connectivity index (χ2v) is 37.6. The van der Waals surface area contributed by atoms with Crippen LogP contribution in [-0.2, 0) is 43.4 Å². The molecule has 4 unspecified atom stereocenters. The predicted octanol–water partition coefficient (Wildman–Crippen LogP) is 13.1. The first-order chi connectivity index (χ1) is 44.3. The molecule has 6 rings (SSSR count). The van der Waals surface area contributed by atoms with Crippen LogP contribution < -0.4 is 21.3 Å². The Bertz CT molecular complexity index is 3060. The Labute approximate surface area is 591 Å². The van der Waals surface area contributed by atoms with Crippen LogP contribution in [-0.4, -0.2) is 141 Å². The minimum atomic E-state index is -3.56. The van der Waals surface area contributed by atoms with E-state index in [9.17, 15) is 56.7 Å². The van der Waals surface area contributed by atoms with Gasteiger partial charge >= 0.3 is 12.1 Å². The summed E-state index contributed by atoms with van der Waals surface area (Å²) in [4.78, 5) is 126. The number of Topliss-reactive ketones (excluding diaryl/α,β-unsaturated/α-hetero) is 5. The van der Waals surface area contributed by atoms with Gasteiger partial charge in [-0.15, -0.1) is 37.8 Å². The van der Waals surface area contributed by atoms with Crippen molar-refractivity contribution in [1.29, 1.82) is 0 Å². The molecule has 0 spiro atoms. The first kappa shape index (κ1) is 86.6. The number of rotatable bonds is 30. The number of piperidine rings is 2. The van der Waals surface area contributed by atoms with Crippen LogP contribution in [0.25, 0.3) is 0 Å². The first-order valence-corrected chi connectivity index (χ1v) is 37.4. The third kappa shape index (κ3) is 21.7. The Balaban J connectivity index is 0.000000500. The van der Waals surface area contributed by atoms with Gasteiger partial charge in [-0.2, -0.15) is 0 Å². The summed E-state index contributed by atoms with van der Waals surface area (Å²) in [7, 11) is -3.56. The van der Waals surface area contributed by atoms with Crippen molar-refractivity contribution in [3.63, 3.8) is 0 Å². The maximum Gasteiger partial charge on any atom is 0.315 e. The van der Waals surface area contributed by atoms with E-state index in [-0.39, 0.29) is 134 Å². The number of aliphatic hydroxyl groups excluding tert-OH is 1. The van der Waals surface area contributed by atoms with Gasteiger partial charge in [0.05, 0.1) is 28.1 Å². The second-order valence-electron chi connectivity index (χ2n) is 34.8. The van der Waals surface area contributed by atoms with Crippen molar-refractivity contribution in [2.24, 2.45) is 62.6 Å². The van der Waals surface area contributed by atoms with Gasteiger partial charge in [0.25, 0.3) is 0 Å². The molecule has 19 heteroatoms. The SMILES string of the molecule is C.C.C#CCCC(CC(=O)[C@@H]1[C@@H]2C(CN1C(=O)[C@@H](NC(=O)NC1(CS(=O)(=O)C(C)(C)C)CCCCC1)C(C)(C)C)C2(C)C)C(=O)C(=O)CCC=C.C#CCC[C@H](CC(=O)[C@@H]1[C@@H]2C(CN1C(=O)[C@@H](NC(=O)NC1(CCC(C)(C)C)CCCCC1)C(C)(C)C)C2(C)C)C(O)C(=O)CCC=C. The fourth-order valence-electron chi connectivity index (χ4n) is 15.8. The second kappa shape index (κ2) is 34.3. The van der Waals surface area contributed by atoms with Crippen LogP contribution in [0.4, 0.5) is 9.59 Å². The molecule has 0 aromatic carbocycles. The van der Waals surface area contributed by atoms with Gasteiger partial charge in [-0.1, -0.05) is 156 Å². The molecule has 6 fully saturated rings. The molecule has 6 aliphatic rings. The number of aliphatic hydroxyl groups is 1. The summed E-state index contributed by atoms with van der Waals surface area (Å²) < 4.78 is 25.6. The number of amides is 6. The Morgan fingerprint density at radius 3 is 1.43 bits per heavy atom. The highest BCUT2D eigenvalue weighted by Crippen LogP contribution is 2.66. The average Bonchev–Trinajstić information content (AvgIpc) is 1.53. The number of sulfone groups is 1. The number of likely N-dealkylation sites (tertiary alicyclic amines) is 2. The predicted molar refractivity (Wildman–Crippen MR) is 392 cm³/mol. The number of carbonyl (C=O) groups excluding carboxylic acids is 9. The van der Waals surface area contributed by atoms with E-state index >= 15 is 0 Å². The molecule has 4 saturated carbocycles. The van der Waals surface area contributed by atoms with Crippen molar-refractivity contribution in [2.45, 2.75) is 313 Å². The molecule has 11 atom stereocenters. The molecule has 0 aromatic rings. The quantitative estimate of drug-likeness (QED) is 0.0255. The molecular formula is C79H130N6O12S. The van der Waals surface area contributed by atoms with Gasteiger partial charge < -0.3 is 36.2 Å². The van der Waals surface area contributed by atoms with E-state index in [0.717, 1.165) is 64.2 Å². The number of nitrogens with zero attached hydrogens (tertiary/aromatic N) is 2. The standard InChI is InChI=1S/C39H63N3O5.C38H59N3O7S.2CH4/c1-11-13-18-26(32(45)28(43)19-14-12-2)24-29(44)31-30-27(38(30,9)10)25-42(31)34(46)33(37(6,7)8)40-35(47)41-39(20-16-15-17-21-39)23-22-36(3,4)5;1-11-13-18-25(31(44)27(42)19-14-12-2)22-28(43)30-29-26(37(29,9)10)23-41(30)33(45)32(35(3,4)5)39-34(46)40-38(20-16-15-17-21-38)24-49(47,48)36(6,7)8;;/h1,12,26-27,30-33,45H,2,13-25H2,3-10H3,(H2,40,41,47);1,12,25-26,29-30,32H,2,13-24H2,3-10H3,(H2,39,40,46);2*1H4/t26-,27?,30+,31-,32?,33-;25?,26?,29-,30+,32+;;/m10../s1. The number of allylic oxidation sites excluding steroid dienone is 2. The number of hydrogen-bond donors (Lipinski definition) is 5. The zero-order chi connectivity index (χ0) is 72.5. The number of ketones is 5. The minimum absolute atomic E-state index is 0. The highest BCUT2D eigenvalue weighted by atomic mass is 32.2. The van der Waals surface area contributed by atoms with Crippen molar-refractivity contribution >= 4 is 62.6 Å². The molecule has 6 amide bonds. The van der Waals surface area contributed by atoms with E-state index in [1.54, 1.807) is 42.7 Å². The van der Waals surface area contributed by atoms with Crippen LogP contribution in [0.2, 0.25) is 0 Å². The molecule has 0 aromatic heterocycles. The fourth-order valence-corrected chi connectivity index (χ4v) is 17.3. The van der Waals surface area contributed by atoms with E-state index < -0.39 is 96.6 Å². The smallest absolute Gasteiger partial charge is 0.315 e. The van der Waals surface area contributed by atoms with Gasteiger partial charge in [-0.05, 0) is 142 Å². The third-order valence-corrected chi connectivity index (χ3v) is 25.1. The van der Waals surface area contributed by atoms with Crippen LogP contribution in [0.3, 0.4) is 0 Å². The number of carbonyl (C=O) groups is 9. The lowest BCUT2D eigenvalue weighted by Crippen LogP contribution is -2.63. The van der Waals surface area contributed by atoms with Gasteiger partial charge in [-0.3, -0.25) is 33.6 Å². The van der Waals surface area contributed by atoms with Crippen LogP contribution in [0.15, 0.2) is 25.3 Å². The van der Waals surface area contributed by atoms with Crippen molar-refractivity contribution in [3.8, 4) is 24.7 Å². The van der Waals surface area contributed by atoms with Crippen molar-refractivity contribution in [1.82, 2.24) is 31.1 Å². The summed E-state index contributed by atoms with van der Waals surface area (Å²) in [6.45, 7) is 39.3. The molecule has 0 bridgehead atoms. The maximum atomic E-state index is 14.5. The summed E-state index contributed by atoms with van der Waals surface area (Å²) in [5.41, 5.74) is -2.78. The number of terminal acetylenes is 2. The molecule has 2 saturated heterocycles. The molecular weight excluding hydrogens is 1260 g/mol. The Morgan fingerprint density at radius 2 is 1.02 bits per heavy atom. The lowest BCUT2D eigenvalue weighted by molar-refractivity contribution is -0.144. The van der Waals surface area contributed by atoms with Crippen LogP contribution >= 0.6 is 0 Å². The summed E-state index contributed by atoms with van der Waals surface area (Å²) >= 11 is 0. The molecule has 5 N–H and O–H groups in total. The van der Waals surface area contributed by atoms with Gasteiger partial charge in [0, 0.05) is 63.1 Å². The molecule has 554 valence electrons. The lowest BCUT2D eigenvalue weighted by Gasteiger charge is -2.42. The van der Waals surface area contributed by atoms with Crippen molar-refractivity contribution < 1.29 is 56.7 Å². The summed E-state index contributed by atoms with van der Waals surface area (Å²) in [6.07, 6.45) is 25.3. The van der Waals surface area contributed by atoms with Crippen molar-refractivity contribution in [3.05, 3.63) is 25.3 Å². The highest BCUT2D eigenvalue weighted by Gasteiger charge is 2.71. The largest absolute Gasteiger partial charge is 0.385 e. The molecule has 2 aliphatic heterocycles. The van der Waals surface area contributed by atoms with E-state index in [2.05, 4.69) is 94.7 Å². The topological polar surface area (TPSA) is 263 Å². The summed E-state index contributed by atoms with van der Waals surface area (Å²) in [6, 6.07) is -4.32. The summed E-state index contributed by atoms with van der Waals surface area (Å²) in [5.74, 6) is 0.854. The van der Waals surface area contributed by atoms with Crippen LogP contribution in [0.1, 0.15) is 267 Å².